The maximum Gasteiger partial charge on any atom is 0.118 e. The molecule has 1 aliphatic rings. The van der Waals surface area contributed by atoms with Crippen LogP contribution in [-0.2, 0) is 16.1 Å². The molecule has 2 rings (SSSR count). The quantitative estimate of drug-likeness (QED) is 0.814. The molecule has 0 saturated heterocycles. The van der Waals surface area contributed by atoms with Gasteiger partial charge in [-0.2, -0.15) is 0 Å². The average Bonchev–Trinajstić information content (AvgIpc) is 2.29. The molecule has 0 amide bonds. The fourth-order valence-electron chi connectivity index (χ4n) is 1.44. The molecule has 15 heavy (non-hydrogen) atoms. The van der Waals surface area contributed by atoms with Crippen molar-refractivity contribution in [3.8, 4) is 0 Å². The Morgan fingerprint density at radius 1 is 1.33 bits per heavy atom. The van der Waals surface area contributed by atoms with E-state index in [9.17, 15) is 5.11 Å². The van der Waals surface area contributed by atoms with Gasteiger partial charge in [0.25, 0.3) is 0 Å². The lowest BCUT2D eigenvalue weighted by atomic mass is 10.2. The van der Waals surface area contributed by atoms with Crippen LogP contribution in [0.3, 0.4) is 0 Å². The van der Waals surface area contributed by atoms with Gasteiger partial charge in [0.05, 0.1) is 12.9 Å². The van der Waals surface area contributed by atoms with Gasteiger partial charge in [-0.3, -0.25) is 0 Å². The summed E-state index contributed by atoms with van der Waals surface area (Å²) in [5.41, 5.74) is 1.10. The number of rotatable bonds is 3. The lowest BCUT2D eigenvalue weighted by Gasteiger charge is -2.23. The van der Waals surface area contributed by atoms with Gasteiger partial charge >= 0.3 is 0 Å². The summed E-state index contributed by atoms with van der Waals surface area (Å²) in [5.74, 6) is 0. The normalized spacial score (nSPS) is 24.9. The summed E-state index contributed by atoms with van der Waals surface area (Å²) in [7, 11) is 0. The molecule has 80 valence electrons. The third-order valence-electron chi connectivity index (χ3n) is 2.30. The van der Waals surface area contributed by atoms with Gasteiger partial charge in [-0.05, 0) is 11.6 Å². The van der Waals surface area contributed by atoms with Gasteiger partial charge in [-0.1, -0.05) is 30.3 Å². The molecule has 3 nitrogen and oxygen atoms in total. The largest absolute Gasteiger partial charge is 0.499 e. The van der Waals surface area contributed by atoms with Crippen molar-refractivity contribution in [3.05, 3.63) is 48.2 Å². The van der Waals surface area contributed by atoms with E-state index in [1.54, 1.807) is 12.3 Å². The van der Waals surface area contributed by atoms with Crippen molar-refractivity contribution in [2.24, 2.45) is 0 Å². The molecule has 0 saturated carbocycles. The summed E-state index contributed by atoms with van der Waals surface area (Å²) in [6.45, 7) is 0.808. The summed E-state index contributed by atoms with van der Waals surface area (Å²) in [5, 5.41) is 9.55. The van der Waals surface area contributed by atoms with Gasteiger partial charge in [0, 0.05) is 0 Å². The van der Waals surface area contributed by atoms with Crippen LogP contribution < -0.4 is 0 Å². The van der Waals surface area contributed by atoms with E-state index < -0.39 is 6.10 Å². The number of benzene rings is 1. The van der Waals surface area contributed by atoms with Gasteiger partial charge in [-0.25, -0.2) is 0 Å². The van der Waals surface area contributed by atoms with E-state index >= 15 is 0 Å². The molecule has 0 aliphatic carbocycles. The zero-order chi connectivity index (χ0) is 10.5. The highest BCUT2D eigenvalue weighted by atomic mass is 16.5. The Morgan fingerprint density at radius 2 is 2.13 bits per heavy atom. The highest BCUT2D eigenvalue weighted by molar-refractivity contribution is 5.13. The first-order valence-electron chi connectivity index (χ1n) is 4.98. The van der Waals surface area contributed by atoms with Crippen LogP contribution in [0.15, 0.2) is 42.7 Å². The van der Waals surface area contributed by atoms with Crippen molar-refractivity contribution in [1.29, 1.82) is 0 Å². The first-order chi connectivity index (χ1) is 7.36. The third-order valence-corrected chi connectivity index (χ3v) is 2.30. The lowest BCUT2D eigenvalue weighted by molar-refractivity contribution is -0.0556. The Morgan fingerprint density at radius 3 is 2.87 bits per heavy atom. The molecule has 2 atom stereocenters. The second-order valence-electron chi connectivity index (χ2n) is 3.49. The summed E-state index contributed by atoms with van der Waals surface area (Å²) < 4.78 is 10.5. The van der Waals surface area contributed by atoms with Crippen molar-refractivity contribution in [1.82, 2.24) is 0 Å². The van der Waals surface area contributed by atoms with E-state index in [1.165, 1.54) is 0 Å². The second kappa shape index (κ2) is 4.96. The molecule has 0 bridgehead atoms. The van der Waals surface area contributed by atoms with E-state index in [-0.39, 0.29) is 6.10 Å². The fourth-order valence-corrected chi connectivity index (χ4v) is 1.44. The van der Waals surface area contributed by atoms with Crippen LogP contribution in [-0.4, -0.2) is 23.9 Å². The van der Waals surface area contributed by atoms with Crippen LogP contribution in [0.2, 0.25) is 0 Å². The summed E-state index contributed by atoms with van der Waals surface area (Å²) in [4.78, 5) is 0. The minimum atomic E-state index is -0.571. The highest BCUT2D eigenvalue weighted by Crippen LogP contribution is 2.11. The Balaban J connectivity index is 1.87. The van der Waals surface area contributed by atoms with Gasteiger partial charge in [0.1, 0.15) is 18.8 Å². The minimum Gasteiger partial charge on any atom is -0.499 e. The predicted molar refractivity (Wildman–Crippen MR) is 56.1 cm³/mol. The molecule has 0 aromatic heterocycles. The van der Waals surface area contributed by atoms with Crippen molar-refractivity contribution in [2.45, 2.75) is 18.8 Å². The molecular formula is C12H14O3. The molecular weight excluding hydrogens is 192 g/mol. The van der Waals surface area contributed by atoms with Crippen LogP contribution in [0.5, 0.6) is 0 Å². The molecule has 1 aromatic carbocycles. The molecule has 1 N–H and O–H groups in total. The lowest BCUT2D eigenvalue weighted by Crippen LogP contribution is -2.33. The second-order valence-corrected chi connectivity index (χ2v) is 3.49. The zero-order valence-electron chi connectivity index (χ0n) is 8.37. The molecule has 1 aromatic rings. The monoisotopic (exact) mass is 206 g/mol. The Hall–Kier alpha value is -1.32. The fraction of sp³-hybridized carbons (Fsp3) is 0.333. The van der Waals surface area contributed by atoms with Crippen LogP contribution in [0, 0.1) is 0 Å². The van der Waals surface area contributed by atoms with E-state index in [0.717, 1.165) is 5.56 Å². The van der Waals surface area contributed by atoms with Crippen LogP contribution in [0.1, 0.15) is 5.56 Å². The number of hydrogen-bond acceptors (Lipinski definition) is 3. The third kappa shape index (κ3) is 2.81. The van der Waals surface area contributed by atoms with Gasteiger partial charge < -0.3 is 14.6 Å². The number of ether oxygens (including phenoxy) is 2. The molecule has 0 unspecified atom stereocenters. The van der Waals surface area contributed by atoms with Crippen LogP contribution in [0.4, 0.5) is 0 Å². The van der Waals surface area contributed by atoms with Gasteiger partial charge in [-0.15, -0.1) is 0 Å². The summed E-state index contributed by atoms with van der Waals surface area (Å²) in [6, 6.07) is 9.89. The molecule has 0 spiro atoms. The topological polar surface area (TPSA) is 38.7 Å². The Labute approximate surface area is 88.9 Å². The molecule has 1 aliphatic heterocycles. The van der Waals surface area contributed by atoms with Gasteiger partial charge in [0.2, 0.25) is 0 Å². The van der Waals surface area contributed by atoms with Crippen LogP contribution in [0.25, 0.3) is 0 Å². The van der Waals surface area contributed by atoms with Crippen molar-refractivity contribution in [3.63, 3.8) is 0 Å². The minimum absolute atomic E-state index is 0.265. The number of hydrogen-bond donors (Lipinski definition) is 1. The number of aliphatic hydroxyl groups excluding tert-OH is 1. The smallest absolute Gasteiger partial charge is 0.118 e. The maximum absolute atomic E-state index is 9.55. The summed E-state index contributed by atoms with van der Waals surface area (Å²) in [6.07, 6.45) is 2.47. The first kappa shape index (κ1) is 10.2. The summed E-state index contributed by atoms with van der Waals surface area (Å²) >= 11 is 0. The van der Waals surface area contributed by atoms with E-state index in [0.29, 0.717) is 13.2 Å². The maximum atomic E-state index is 9.55. The predicted octanol–water partition coefficient (Wildman–Crippen LogP) is 1.48. The number of aliphatic hydroxyl groups is 1. The van der Waals surface area contributed by atoms with E-state index in [4.69, 9.17) is 9.47 Å². The van der Waals surface area contributed by atoms with E-state index in [2.05, 4.69) is 0 Å². The van der Waals surface area contributed by atoms with Crippen molar-refractivity contribution in [2.75, 3.05) is 6.61 Å². The average molecular weight is 206 g/mol. The van der Waals surface area contributed by atoms with E-state index in [1.807, 2.05) is 30.3 Å². The first-order valence-corrected chi connectivity index (χ1v) is 4.98. The molecule has 0 fully saturated rings. The van der Waals surface area contributed by atoms with Crippen molar-refractivity contribution >= 4 is 0 Å². The SMILES string of the molecule is O[C@@H]1COC=C[C@H]1OCc1ccccc1. The standard InChI is InChI=1S/C12H14O3/c13-11-9-14-7-6-12(11)15-8-10-4-2-1-3-5-10/h1-7,11-13H,8-9H2/t11-,12-/m1/s1. The molecule has 1 heterocycles. The van der Waals surface area contributed by atoms with Gasteiger partial charge in [0.15, 0.2) is 0 Å². The highest BCUT2D eigenvalue weighted by Gasteiger charge is 2.20. The van der Waals surface area contributed by atoms with Crippen LogP contribution >= 0.6 is 0 Å². The zero-order valence-corrected chi connectivity index (χ0v) is 8.37. The molecule has 3 heteroatoms. The Bertz CT molecular complexity index is 321. The Kier molecular flexibility index (Phi) is 3.37. The molecule has 0 radical (unpaired) electrons. The van der Waals surface area contributed by atoms with Crippen molar-refractivity contribution < 1.29 is 14.6 Å².